The molecule has 2 N–H and O–H groups in total. The van der Waals surface area contributed by atoms with Crippen molar-refractivity contribution in [2.75, 3.05) is 10.6 Å². The van der Waals surface area contributed by atoms with Gasteiger partial charge < -0.3 is 10.6 Å². The molecular weight excluding hydrogens is 240 g/mol. The molecule has 0 spiro atoms. The topological polar surface area (TPSA) is 66.9 Å². The second-order valence-corrected chi connectivity index (χ2v) is 4.08. The van der Waals surface area contributed by atoms with E-state index in [4.69, 9.17) is 0 Å². The van der Waals surface area contributed by atoms with Gasteiger partial charge >= 0.3 is 0 Å². The van der Waals surface area contributed by atoms with Gasteiger partial charge in [-0.1, -0.05) is 13.0 Å². The van der Waals surface area contributed by atoms with Crippen molar-refractivity contribution in [2.45, 2.75) is 19.9 Å². The van der Waals surface area contributed by atoms with Gasteiger partial charge in [-0.05, 0) is 18.2 Å². The maximum atomic E-state index is 11.3. The van der Waals surface area contributed by atoms with Gasteiger partial charge in [0, 0.05) is 42.3 Å². The third-order valence-electron chi connectivity index (χ3n) is 2.58. The lowest BCUT2D eigenvalue weighted by Crippen LogP contribution is -2.09. The molecule has 1 heterocycles. The zero-order chi connectivity index (χ0) is 13.5. The highest BCUT2D eigenvalue weighted by Crippen LogP contribution is 2.16. The van der Waals surface area contributed by atoms with E-state index in [-0.39, 0.29) is 5.91 Å². The van der Waals surface area contributed by atoms with Crippen LogP contribution in [0.3, 0.4) is 0 Å². The molecule has 2 aromatic rings. The molecular formula is C14H16N4O. The third-order valence-corrected chi connectivity index (χ3v) is 2.58. The molecule has 0 saturated heterocycles. The van der Waals surface area contributed by atoms with Gasteiger partial charge in [-0.2, -0.15) is 0 Å². The van der Waals surface area contributed by atoms with Crippen molar-refractivity contribution in [3.63, 3.8) is 0 Å². The highest BCUT2D eigenvalue weighted by molar-refractivity contribution is 5.90. The van der Waals surface area contributed by atoms with Crippen molar-refractivity contribution < 1.29 is 4.79 Å². The minimum absolute atomic E-state index is 0.00797. The summed E-state index contributed by atoms with van der Waals surface area (Å²) in [6.07, 6.45) is 5.51. The standard InChI is InChI=1S/C14H16N4O/c1-2-14(19)18-13-5-3-4-12(6-13)17-9-11-7-15-10-16-8-11/h3-8,10,17H,2,9H2,1H3,(H,18,19). The monoisotopic (exact) mass is 256 g/mol. The second-order valence-electron chi connectivity index (χ2n) is 4.08. The lowest BCUT2D eigenvalue weighted by molar-refractivity contribution is -0.115. The number of nitrogens with one attached hydrogen (secondary N) is 2. The first-order chi connectivity index (χ1) is 9.28. The van der Waals surface area contributed by atoms with Crippen molar-refractivity contribution in [2.24, 2.45) is 0 Å². The van der Waals surface area contributed by atoms with Crippen LogP contribution in [0.15, 0.2) is 43.0 Å². The molecule has 1 aromatic carbocycles. The molecule has 0 aliphatic rings. The maximum absolute atomic E-state index is 11.3. The molecule has 5 nitrogen and oxygen atoms in total. The second kappa shape index (κ2) is 6.49. The molecule has 2 rings (SSSR count). The molecule has 1 amide bonds. The van der Waals surface area contributed by atoms with Crippen LogP contribution in [-0.2, 0) is 11.3 Å². The Morgan fingerprint density at radius 2 is 1.95 bits per heavy atom. The molecule has 0 unspecified atom stereocenters. The van der Waals surface area contributed by atoms with Crippen molar-refractivity contribution in [1.82, 2.24) is 9.97 Å². The number of rotatable bonds is 5. The Hall–Kier alpha value is -2.43. The molecule has 98 valence electrons. The normalized spacial score (nSPS) is 9.95. The highest BCUT2D eigenvalue weighted by atomic mass is 16.1. The van der Waals surface area contributed by atoms with Crippen LogP contribution in [0.25, 0.3) is 0 Å². The SMILES string of the molecule is CCC(=O)Nc1cccc(NCc2cncnc2)c1. The number of amides is 1. The van der Waals surface area contributed by atoms with Crippen LogP contribution in [-0.4, -0.2) is 15.9 Å². The molecule has 0 atom stereocenters. The fraction of sp³-hybridized carbons (Fsp3) is 0.214. The van der Waals surface area contributed by atoms with E-state index in [1.165, 1.54) is 6.33 Å². The summed E-state index contributed by atoms with van der Waals surface area (Å²) in [5.41, 5.74) is 2.74. The lowest BCUT2D eigenvalue weighted by Gasteiger charge is -2.08. The van der Waals surface area contributed by atoms with E-state index in [1.807, 2.05) is 31.2 Å². The van der Waals surface area contributed by atoms with E-state index in [0.29, 0.717) is 13.0 Å². The minimum Gasteiger partial charge on any atom is -0.381 e. The molecule has 0 fully saturated rings. The van der Waals surface area contributed by atoms with Gasteiger partial charge in [-0.3, -0.25) is 4.79 Å². The fourth-order valence-electron chi connectivity index (χ4n) is 1.58. The summed E-state index contributed by atoms with van der Waals surface area (Å²) < 4.78 is 0. The first-order valence-electron chi connectivity index (χ1n) is 6.15. The average molecular weight is 256 g/mol. The summed E-state index contributed by atoms with van der Waals surface area (Å²) >= 11 is 0. The number of carbonyl (C=O) groups is 1. The summed E-state index contributed by atoms with van der Waals surface area (Å²) in [4.78, 5) is 19.2. The Labute approximate surface area is 112 Å². The van der Waals surface area contributed by atoms with E-state index in [9.17, 15) is 4.79 Å². The minimum atomic E-state index is 0.00797. The van der Waals surface area contributed by atoms with Crippen LogP contribution in [0.4, 0.5) is 11.4 Å². The maximum Gasteiger partial charge on any atom is 0.224 e. The Morgan fingerprint density at radius 3 is 2.68 bits per heavy atom. The smallest absolute Gasteiger partial charge is 0.224 e. The van der Waals surface area contributed by atoms with Gasteiger partial charge in [0.15, 0.2) is 0 Å². The number of nitrogens with zero attached hydrogens (tertiary/aromatic N) is 2. The Morgan fingerprint density at radius 1 is 1.21 bits per heavy atom. The van der Waals surface area contributed by atoms with Crippen LogP contribution in [0.1, 0.15) is 18.9 Å². The number of anilines is 2. The first-order valence-corrected chi connectivity index (χ1v) is 6.15. The first kappa shape index (κ1) is 13.0. The molecule has 19 heavy (non-hydrogen) atoms. The van der Waals surface area contributed by atoms with Crippen LogP contribution in [0, 0.1) is 0 Å². The largest absolute Gasteiger partial charge is 0.381 e. The molecule has 0 radical (unpaired) electrons. The van der Waals surface area contributed by atoms with Gasteiger partial charge in [0.05, 0.1) is 0 Å². The van der Waals surface area contributed by atoms with Gasteiger partial charge in [-0.25, -0.2) is 9.97 Å². The van der Waals surface area contributed by atoms with Gasteiger partial charge in [-0.15, -0.1) is 0 Å². The zero-order valence-corrected chi connectivity index (χ0v) is 10.8. The van der Waals surface area contributed by atoms with Crippen molar-refractivity contribution in [3.8, 4) is 0 Å². The summed E-state index contributed by atoms with van der Waals surface area (Å²) in [7, 11) is 0. The number of aromatic nitrogens is 2. The van der Waals surface area contributed by atoms with E-state index in [1.54, 1.807) is 12.4 Å². The number of hydrogen-bond acceptors (Lipinski definition) is 4. The van der Waals surface area contributed by atoms with Gasteiger partial charge in [0.1, 0.15) is 6.33 Å². The fourth-order valence-corrected chi connectivity index (χ4v) is 1.58. The van der Waals surface area contributed by atoms with Gasteiger partial charge in [0.25, 0.3) is 0 Å². The molecule has 0 saturated carbocycles. The van der Waals surface area contributed by atoms with Crippen molar-refractivity contribution in [1.29, 1.82) is 0 Å². The summed E-state index contributed by atoms with van der Waals surface area (Å²) in [5, 5.41) is 6.09. The highest BCUT2D eigenvalue weighted by Gasteiger charge is 2.00. The molecule has 0 bridgehead atoms. The van der Waals surface area contributed by atoms with Crippen LogP contribution in [0.2, 0.25) is 0 Å². The Bertz CT molecular complexity index is 542. The van der Waals surface area contributed by atoms with Crippen LogP contribution >= 0.6 is 0 Å². The average Bonchev–Trinajstić information content (AvgIpc) is 2.46. The number of hydrogen-bond donors (Lipinski definition) is 2. The number of benzene rings is 1. The number of carbonyl (C=O) groups excluding carboxylic acids is 1. The quantitative estimate of drug-likeness (QED) is 0.862. The summed E-state index contributed by atoms with van der Waals surface area (Å²) in [6, 6.07) is 7.61. The summed E-state index contributed by atoms with van der Waals surface area (Å²) in [5.74, 6) is 0.00797. The third kappa shape index (κ3) is 4.06. The molecule has 0 aliphatic carbocycles. The van der Waals surface area contributed by atoms with Crippen LogP contribution in [0.5, 0.6) is 0 Å². The Balaban J connectivity index is 1.97. The summed E-state index contributed by atoms with van der Waals surface area (Å²) in [6.45, 7) is 2.47. The lowest BCUT2D eigenvalue weighted by atomic mass is 10.2. The van der Waals surface area contributed by atoms with Crippen molar-refractivity contribution >= 4 is 17.3 Å². The molecule has 5 heteroatoms. The predicted molar refractivity (Wildman–Crippen MR) is 74.7 cm³/mol. The van der Waals surface area contributed by atoms with E-state index < -0.39 is 0 Å². The van der Waals surface area contributed by atoms with Crippen molar-refractivity contribution in [3.05, 3.63) is 48.5 Å². The van der Waals surface area contributed by atoms with Crippen LogP contribution < -0.4 is 10.6 Å². The van der Waals surface area contributed by atoms with Gasteiger partial charge in [0.2, 0.25) is 5.91 Å². The zero-order valence-electron chi connectivity index (χ0n) is 10.8. The van der Waals surface area contributed by atoms with E-state index in [0.717, 1.165) is 16.9 Å². The van der Waals surface area contributed by atoms with E-state index in [2.05, 4.69) is 20.6 Å². The Kier molecular flexibility index (Phi) is 4.44. The van der Waals surface area contributed by atoms with E-state index >= 15 is 0 Å². The predicted octanol–water partition coefficient (Wildman–Crippen LogP) is 2.44. The molecule has 0 aliphatic heterocycles. The molecule has 1 aromatic heterocycles.